The lowest BCUT2D eigenvalue weighted by Gasteiger charge is -2.22. The van der Waals surface area contributed by atoms with Crippen molar-refractivity contribution in [2.24, 2.45) is 4.99 Å². The number of anilines is 1. The van der Waals surface area contributed by atoms with Crippen LogP contribution in [-0.2, 0) is 6.42 Å². The average Bonchev–Trinajstić information content (AvgIpc) is 2.81. The highest BCUT2D eigenvalue weighted by Gasteiger charge is 2.16. The van der Waals surface area contributed by atoms with Crippen LogP contribution in [0.3, 0.4) is 0 Å². The van der Waals surface area contributed by atoms with Gasteiger partial charge >= 0.3 is 0 Å². The highest BCUT2D eigenvalue weighted by Crippen LogP contribution is 2.28. The van der Waals surface area contributed by atoms with Crippen LogP contribution >= 0.6 is 0 Å². The Morgan fingerprint density at radius 3 is 2.13 bits per heavy atom. The topological polar surface area (TPSA) is 24.4 Å². The van der Waals surface area contributed by atoms with E-state index >= 15 is 0 Å². The fraction of sp³-hybridized carbons (Fsp3) is 0.250. The molecule has 0 saturated carbocycles. The first kappa shape index (κ1) is 21.6. The molecule has 0 saturated heterocycles. The molecule has 2 heteroatoms. The molecule has 0 aromatic heterocycles. The van der Waals surface area contributed by atoms with Gasteiger partial charge in [-0.3, -0.25) is 4.99 Å². The Bertz CT molecular complexity index is 955. The first-order valence-corrected chi connectivity index (χ1v) is 10.9. The van der Waals surface area contributed by atoms with E-state index in [1.54, 1.807) is 0 Å². The van der Waals surface area contributed by atoms with Crippen LogP contribution in [-0.4, -0.2) is 5.71 Å². The van der Waals surface area contributed by atoms with E-state index < -0.39 is 0 Å². The lowest BCUT2D eigenvalue weighted by molar-refractivity contribution is 0.795. The predicted molar refractivity (Wildman–Crippen MR) is 130 cm³/mol. The van der Waals surface area contributed by atoms with Crippen molar-refractivity contribution in [1.29, 1.82) is 0 Å². The Labute approximate surface area is 181 Å². The molecule has 1 N–H and O–H groups in total. The number of allylic oxidation sites excluding steroid dienone is 1. The molecular formula is C28H32N2. The van der Waals surface area contributed by atoms with Crippen LogP contribution in [0.5, 0.6) is 0 Å². The summed E-state index contributed by atoms with van der Waals surface area (Å²) in [6.45, 7) is 6.36. The van der Waals surface area contributed by atoms with Gasteiger partial charge in [-0.15, -0.1) is 0 Å². The standard InChI is InChI=1S/C28H32N2/c1-4-6-13-23-18-20-26(21-19-23)30-28(25-16-11-8-12-17-25)27(5-2)29-22(3)24-14-9-7-10-15-24/h5,7-12,14-21,28,30H,4,6,13H2,1-3H3/b27-5-,29-22+. The fourth-order valence-corrected chi connectivity index (χ4v) is 3.52. The van der Waals surface area contributed by atoms with E-state index in [0.29, 0.717) is 0 Å². The van der Waals surface area contributed by atoms with Gasteiger partial charge in [0.15, 0.2) is 0 Å². The molecule has 30 heavy (non-hydrogen) atoms. The highest BCUT2D eigenvalue weighted by atomic mass is 15.0. The normalized spacial score (nSPS) is 13.2. The average molecular weight is 397 g/mol. The molecule has 0 bridgehead atoms. The molecule has 0 aliphatic carbocycles. The molecule has 154 valence electrons. The van der Waals surface area contributed by atoms with Crippen molar-refractivity contribution in [2.45, 2.75) is 46.1 Å². The van der Waals surface area contributed by atoms with Crippen LogP contribution in [0.25, 0.3) is 0 Å². The third-order valence-electron chi connectivity index (χ3n) is 5.30. The van der Waals surface area contributed by atoms with E-state index in [2.05, 4.69) is 111 Å². The molecule has 3 aromatic rings. The second-order valence-corrected chi connectivity index (χ2v) is 7.57. The van der Waals surface area contributed by atoms with Crippen molar-refractivity contribution in [3.8, 4) is 0 Å². The monoisotopic (exact) mass is 396 g/mol. The van der Waals surface area contributed by atoms with Crippen LogP contribution in [0.15, 0.2) is 102 Å². The number of aliphatic imine (C=N–C) groups is 1. The third-order valence-corrected chi connectivity index (χ3v) is 5.30. The minimum Gasteiger partial charge on any atom is -0.373 e. The molecule has 0 aliphatic rings. The van der Waals surface area contributed by atoms with Crippen molar-refractivity contribution in [1.82, 2.24) is 0 Å². The molecule has 3 aromatic carbocycles. The van der Waals surface area contributed by atoms with Crippen LogP contribution in [0, 0.1) is 0 Å². The smallest absolute Gasteiger partial charge is 0.0936 e. The number of nitrogens with one attached hydrogen (secondary N) is 1. The van der Waals surface area contributed by atoms with Gasteiger partial charge < -0.3 is 5.32 Å². The van der Waals surface area contributed by atoms with Gasteiger partial charge in [0.25, 0.3) is 0 Å². The van der Waals surface area contributed by atoms with Crippen molar-refractivity contribution < 1.29 is 0 Å². The fourth-order valence-electron chi connectivity index (χ4n) is 3.52. The Hall–Kier alpha value is -3.13. The molecule has 0 amide bonds. The van der Waals surface area contributed by atoms with Gasteiger partial charge in [-0.05, 0) is 55.5 Å². The molecule has 0 heterocycles. The third kappa shape index (κ3) is 5.93. The molecule has 0 radical (unpaired) electrons. The van der Waals surface area contributed by atoms with Gasteiger partial charge in [0.05, 0.1) is 11.7 Å². The number of unbranched alkanes of at least 4 members (excludes halogenated alkanes) is 1. The van der Waals surface area contributed by atoms with Crippen LogP contribution in [0.4, 0.5) is 5.69 Å². The summed E-state index contributed by atoms with van der Waals surface area (Å²) in [6.07, 6.45) is 5.70. The first-order valence-electron chi connectivity index (χ1n) is 10.9. The summed E-state index contributed by atoms with van der Waals surface area (Å²) < 4.78 is 0. The summed E-state index contributed by atoms with van der Waals surface area (Å²) >= 11 is 0. The van der Waals surface area contributed by atoms with Crippen molar-refractivity contribution in [3.63, 3.8) is 0 Å². The Morgan fingerprint density at radius 2 is 1.53 bits per heavy atom. The Kier molecular flexibility index (Phi) is 8.02. The number of rotatable bonds is 9. The van der Waals surface area contributed by atoms with E-state index in [0.717, 1.165) is 29.1 Å². The zero-order valence-electron chi connectivity index (χ0n) is 18.3. The zero-order chi connectivity index (χ0) is 21.2. The lowest BCUT2D eigenvalue weighted by Crippen LogP contribution is -2.14. The largest absolute Gasteiger partial charge is 0.373 e. The Morgan fingerprint density at radius 1 is 0.900 bits per heavy atom. The summed E-state index contributed by atoms with van der Waals surface area (Å²) in [5.41, 5.74) is 6.87. The molecule has 3 rings (SSSR count). The second-order valence-electron chi connectivity index (χ2n) is 7.57. The summed E-state index contributed by atoms with van der Waals surface area (Å²) in [5, 5.41) is 3.71. The van der Waals surface area contributed by atoms with E-state index in [-0.39, 0.29) is 6.04 Å². The van der Waals surface area contributed by atoms with Crippen LogP contribution in [0.2, 0.25) is 0 Å². The molecule has 1 atom stereocenters. The van der Waals surface area contributed by atoms with Crippen LogP contribution < -0.4 is 5.32 Å². The van der Waals surface area contributed by atoms with E-state index in [9.17, 15) is 0 Å². The van der Waals surface area contributed by atoms with Crippen molar-refractivity contribution in [2.75, 3.05) is 5.32 Å². The Balaban J connectivity index is 1.88. The van der Waals surface area contributed by atoms with Gasteiger partial charge in [-0.25, -0.2) is 0 Å². The number of hydrogen-bond acceptors (Lipinski definition) is 2. The second kappa shape index (κ2) is 11.2. The van der Waals surface area contributed by atoms with Crippen molar-refractivity contribution in [3.05, 3.63) is 113 Å². The van der Waals surface area contributed by atoms with Gasteiger partial charge in [0, 0.05) is 11.4 Å². The SMILES string of the molecule is C/C=C(\N=C(/C)c1ccccc1)C(Nc1ccc(CCCC)cc1)c1ccccc1. The maximum Gasteiger partial charge on any atom is 0.0936 e. The molecule has 0 aliphatic heterocycles. The van der Waals surface area contributed by atoms with Gasteiger partial charge in [-0.1, -0.05) is 92.2 Å². The quantitative estimate of drug-likeness (QED) is 0.370. The summed E-state index contributed by atoms with van der Waals surface area (Å²) in [7, 11) is 0. The van der Waals surface area contributed by atoms with Gasteiger partial charge in [0.1, 0.15) is 0 Å². The molecule has 0 fully saturated rings. The number of benzene rings is 3. The van der Waals surface area contributed by atoms with Gasteiger partial charge in [0.2, 0.25) is 0 Å². The maximum absolute atomic E-state index is 5.01. The van der Waals surface area contributed by atoms with E-state index in [1.807, 2.05) is 6.07 Å². The summed E-state index contributed by atoms with van der Waals surface area (Å²) in [5.74, 6) is 0. The van der Waals surface area contributed by atoms with Crippen molar-refractivity contribution >= 4 is 11.4 Å². The van der Waals surface area contributed by atoms with E-state index in [4.69, 9.17) is 4.99 Å². The summed E-state index contributed by atoms with van der Waals surface area (Å²) in [4.78, 5) is 5.01. The first-order chi connectivity index (χ1) is 14.7. The highest BCUT2D eigenvalue weighted by molar-refractivity contribution is 5.99. The summed E-state index contributed by atoms with van der Waals surface area (Å²) in [6, 6.07) is 29.7. The maximum atomic E-state index is 5.01. The molecule has 0 spiro atoms. The minimum atomic E-state index is -0.0173. The van der Waals surface area contributed by atoms with Crippen LogP contribution in [0.1, 0.15) is 56.3 Å². The molecule has 2 nitrogen and oxygen atoms in total. The minimum absolute atomic E-state index is 0.0173. The van der Waals surface area contributed by atoms with Gasteiger partial charge in [-0.2, -0.15) is 0 Å². The number of hydrogen-bond donors (Lipinski definition) is 1. The predicted octanol–water partition coefficient (Wildman–Crippen LogP) is 7.60. The zero-order valence-corrected chi connectivity index (χ0v) is 18.3. The molecule has 1 unspecified atom stereocenters. The molecular weight excluding hydrogens is 364 g/mol. The van der Waals surface area contributed by atoms with E-state index in [1.165, 1.54) is 24.0 Å². The number of nitrogens with zero attached hydrogens (tertiary/aromatic N) is 1. The number of aryl methyl sites for hydroxylation is 1. The lowest BCUT2D eigenvalue weighted by atomic mass is 10.0.